The van der Waals surface area contributed by atoms with Gasteiger partial charge in [0.2, 0.25) is 10.0 Å². The molecule has 0 atom stereocenters. The van der Waals surface area contributed by atoms with Gasteiger partial charge in [0.25, 0.3) is 0 Å². The van der Waals surface area contributed by atoms with Gasteiger partial charge in [0.05, 0.1) is 22.2 Å². The van der Waals surface area contributed by atoms with Crippen molar-refractivity contribution in [3.8, 4) is 17.3 Å². The highest BCUT2D eigenvalue weighted by atomic mass is 32.2. The average Bonchev–Trinajstić information content (AvgIpc) is 3.31. The molecule has 152 valence electrons. The molecule has 1 aliphatic rings. The van der Waals surface area contributed by atoms with Gasteiger partial charge in [-0.05, 0) is 67.8 Å². The highest BCUT2D eigenvalue weighted by molar-refractivity contribution is 7.89. The molecule has 0 unspecified atom stereocenters. The predicted molar refractivity (Wildman–Crippen MR) is 115 cm³/mol. The highest BCUT2D eigenvalue weighted by Gasteiger charge is 2.28. The molecule has 0 saturated carbocycles. The van der Waals surface area contributed by atoms with E-state index in [4.69, 9.17) is 5.26 Å². The van der Waals surface area contributed by atoms with Crippen molar-refractivity contribution in [1.82, 2.24) is 14.5 Å². The lowest BCUT2D eigenvalue weighted by Crippen LogP contribution is -2.28. The third kappa shape index (κ3) is 4.03. The van der Waals surface area contributed by atoms with Crippen molar-refractivity contribution in [3.63, 3.8) is 0 Å². The fourth-order valence-electron chi connectivity index (χ4n) is 3.43. The summed E-state index contributed by atoms with van der Waals surface area (Å²) in [6, 6.07) is 18.0. The van der Waals surface area contributed by atoms with Crippen LogP contribution in [0.1, 0.15) is 24.0 Å². The number of benzene rings is 2. The first-order valence-corrected chi connectivity index (χ1v) is 11.1. The van der Waals surface area contributed by atoms with Gasteiger partial charge in [-0.15, -0.1) is 10.2 Å². The Bertz CT molecular complexity index is 1190. The molecule has 2 heterocycles. The maximum atomic E-state index is 13.0. The van der Waals surface area contributed by atoms with Gasteiger partial charge in [-0.2, -0.15) is 9.57 Å². The summed E-state index contributed by atoms with van der Waals surface area (Å²) in [5.41, 5.74) is 3.40. The fraction of sp³-hybridized carbons (Fsp3) is 0.227. The molecule has 3 aromatic rings. The van der Waals surface area contributed by atoms with Crippen LogP contribution in [0, 0.1) is 18.3 Å². The maximum Gasteiger partial charge on any atom is 0.243 e. The molecule has 8 heteroatoms. The summed E-state index contributed by atoms with van der Waals surface area (Å²) in [5.74, 6) is 0.556. The Hall–Kier alpha value is -3.28. The van der Waals surface area contributed by atoms with E-state index in [0.29, 0.717) is 40.6 Å². The zero-order valence-corrected chi connectivity index (χ0v) is 17.4. The number of nitrogens with one attached hydrogen (secondary N) is 1. The number of hydrogen-bond donors (Lipinski definition) is 1. The summed E-state index contributed by atoms with van der Waals surface area (Å²) in [4.78, 5) is 0.323. The largest absolute Gasteiger partial charge is 0.339 e. The zero-order chi connectivity index (χ0) is 21.1. The van der Waals surface area contributed by atoms with Crippen LogP contribution in [-0.4, -0.2) is 36.0 Å². The lowest BCUT2D eigenvalue weighted by molar-refractivity contribution is 0.477. The van der Waals surface area contributed by atoms with Crippen LogP contribution in [0.2, 0.25) is 0 Å². The summed E-state index contributed by atoms with van der Waals surface area (Å²) in [7, 11) is -3.50. The number of aryl methyl sites for hydroxylation is 1. The highest BCUT2D eigenvalue weighted by Crippen LogP contribution is 2.28. The van der Waals surface area contributed by atoms with Gasteiger partial charge in [0, 0.05) is 24.3 Å². The quantitative estimate of drug-likeness (QED) is 0.674. The summed E-state index contributed by atoms with van der Waals surface area (Å²) in [6.45, 7) is 2.95. The summed E-state index contributed by atoms with van der Waals surface area (Å²) in [6.07, 6.45) is 1.80. The van der Waals surface area contributed by atoms with Crippen molar-refractivity contribution in [1.29, 1.82) is 5.26 Å². The number of hydrogen-bond acceptors (Lipinski definition) is 6. The van der Waals surface area contributed by atoms with Crippen molar-refractivity contribution in [3.05, 3.63) is 65.7 Å². The molecule has 4 rings (SSSR count). The van der Waals surface area contributed by atoms with Gasteiger partial charge < -0.3 is 5.32 Å². The minimum atomic E-state index is -3.50. The second-order valence-corrected chi connectivity index (χ2v) is 9.12. The van der Waals surface area contributed by atoms with Gasteiger partial charge in [0.15, 0.2) is 5.82 Å². The van der Waals surface area contributed by atoms with Gasteiger partial charge in [0.1, 0.15) is 0 Å². The number of anilines is 2. The van der Waals surface area contributed by atoms with Crippen molar-refractivity contribution in [2.75, 3.05) is 18.4 Å². The van der Waals surface area contributed by atoms with Gasteiger partial charge in [-0.3, -0.25) is 0 Å². The number of aromatic nitrogens is 2. The van der Waals surface area contributed by atoms with Gasteiger partial charge in [-0.25, -0.2) is 8.42 Å². The molecule has 0 radical (unpaired) electrons. The normalized spacial score (nSPS) is 14.4. The second kappa shape index (κ2) is 8.22. The number of nitrogens with zero attached hydrogens (tertiary/aromatic N) is 4. The number of sulfonamides is 1. The topological polar surface area (TPSA) is 99.0 Å². The molecule has 1 aliphatic heterocycles. The van der Waals surface area contributed by atoms with Crippen LogP contribution >= 0.6 is 0 Å². The lowest BCUT2D eigenvalue weighted by Gasteiger charge is -2.17. The third-order valence-electron chi connectivity index (χ3n) is 5.12. The Morgan fingerprint density at radius 2 is 1.73 bits per heavy atom. The van der Waals surface area contributed by atoms with Crippen LogP contribution in [0.4, 0.5) is 11.5 Å². The molecule has 1 N–H and O–H groups in total. The van der Waals surface area contributed by atoms with Gasteiger partial charge >= 0.3 is 0 Å². The molecule has 0 amide bonds. The van der Waals surface area contributed by atoms with E-state index >= 15 is 0 Å². The first-order valence-electron chi connectivity index (χ1n) is 9.69. The molecular weight excluding hydrogens is 398 g/mol. The summed E-state index contributed by atoms with van der Waals surface area (Å²) in [5, 5.41) is 20.5. The maximum absolute atomic E-state index is 13.0. The minimum absolute atomic E-state index is 0.323. The summed E-state index contributed by atoms with van der Waals surface area (Å²) < 4.78 is 27.6. The van der Waals surface area contributed by atoms with Crippen LogP contribution in [-0.2, 0) is 10.0 Å². The SMILES string of the molecule is Cc1ccc(-c2ccc(Nc3ccc(C#N)cc3)nn2)cc1S(=O)(=O)N1CCCC1. The lowest BCUT2D eigenvalue weighted by atomic mass is 10.1. The van der Waals surface area contributed by atoms with Crippen molar-refractivity contribution in [2.45, 2.75) is 24.7 Å². The van der Waals surface area contributed by atoms with Crippen LogP contribution in [0.15, 0.2) is 59.5 Å². The van der Waals surface area contributed by atoms with E-state index in [1.54, 1.807) is 46.8 Å². The smallest absolute Gasteiger partial charge is 0.243 e. The van der Waals surface area contributed by atoms with Crippen LogP contribution in [0.3, 0.4) is 0 Å². The number of nitriles is 1. The van der Waals surface area contributed by atoms with E-state index in [0.717, 1.165) is 24.1 Å². The van der Waals surface area contributed by atoms with E-state index in [1.807, 2.05) is 19.1 Å². The standard InChI is InChI=1S/C22H21N5O2S/c1-16-4-7-18(14-21(16)30(28,29)27-12-2-3-13-27)20-10-11-22(26-25-20)24-19-8-5-17(15-23)6-9-19/h4-11,14H,2-3,12-13H2,1H3,(H,24,26). The minimum Gasteiger partial charge on any atom is -0.339 e. The van der Waals surface area contributed by atoms with E-state index in [1.165, 1.54) is 0 Å². The van der Waals surface area contributed by atoms with E-state index < -0.39 is 10.0 Å². The summed E-state index contributed by atoms with van der Waals surface area (Å²) >= 11 is 0. The van der Waals surface area contributed by atoms with Crippen LogP contribution in [0.5, 0.6) is 0 Å². The second-order valence-electron chi connectivity index (χ2n) is 7.21. The third-order valence-corrected chi connectivity index (χ3v) is 7.16. The molecule has 0 aliphatic carbocycles. The van der Waals surface area contributed by atoms with Crippen LogP contribution < -0.4 is 5.32 Å². The molecule has 1 saturated heterocycles. The molecule has 0 bridgehead atoms. The Morgan fingerprint density at radius 1 is 1.00 bits per heavy atom. The van der Waals surface area contributed by atoms with Crippen molar-refractivity contribution >= 4 is 21.5 Å². The Kier molecular flexibility index (Phi) is 5.48. The number of rotatable bonds is 5. The molecular formula is C22H21N5O2S. The van der Waals surface area contributed by atoms with Crippen molar-refractivity contribution in [2.24, 2.45) is 0 Å². The first kappa shape index (κ1) is 20.0. The van der Waals surface area contributed by atoms with Crippen LogP contribution in [0.25, 0.3) is 11.3 Å². The zero-order valence-electron chi connectivity index (χ0n) is 16.5. The molecule has 2 aromatic carbocycles. The molecule has 1 fully saturated rings. The molecule has 30 heavy (non-hydrogen) atoms. The van der Waals surface area contributed by atoms with E-state index in [-0.39, 0.29) is 0 Å². The first-order chi connectivity index (χ1) is 14.5. The van der Waals surface area contributed by atoms with E-state index in [2.05, 4.69) is 21.6 Å². The van der Waals surface area contributed by atoms with Gasteiger partial charge in [-0.1, -0.05) is 12.1 Å². The molecule has 7 nitrogen and oxygen atoms in total. The Labute approximate surface area is 176 Å². The fourth-order valence-corrected chi connectivity index (χ4v) is 5.20. The predicted octanol–water partition coefficient (Wildman–Crippen LogP) is 3.85. The van der Waals surface area contributed by atoms with E-state index in [9.17, 15) is 8.42 Å². The average molecular weight is 420 g/mol. The Morgan fingerprint density at radius 3 is 2.37 bits per heavy atom. The Balaban J connectivity index is 1.57. The molecule has 0 spiro atoms. The molecule has 1 aromatic heterocycles. The monoisotopic (exact) mass is 419 g/mol. The van der Waals surface area contributed by atoms with Crippen molar-refractivity contribution < 1.29 is 8.42 Å².